The number of nitrogens with zero attached hydrogens (tertiary/aromatic N) is 1. The summed E-state index contributed by atoms with van der Waals surface area (Å²) in [7, 11) is 0. The summed E-state index contributed by atoms with van der Waals surface area (Å²) in [5.41, 5.74) is 0. The predicted octanol–water partition coefficient (Wildman–Crippen LogP) is 0.930. The van der Waals surface area contributed by atoms with Gasteiger partial charge in [-0.1, -0.05) is 18.9 Å². The molecule has 3 heteroatoms. The summed E-state index contributed by atoms with van der Waals surface area (Å²) in [5, 5.41) is 5.21. The molecule has 0 aliphatic rings. The highest BCUT2D eigenvalue weighted by Crippen LogP contribution is 2.00. The summed E-state index contributed by atoms with van der Waals surface area (Å²) in [4.78, 5) is 3.74. The lowest BCUT2D eigenvalue weighted by Crippen LogP contribution is -2.03. The standard InChI is InChI=1S/C5H12N2S/c1-5(3-7-2)4-8-6/h5H,2-4,6H2,1H3/t5-/m0/s1. The van der Waals surface area contributed by atoms with Gasteiger partial charge < -0.3 is 4.99 Å². The van der Waals surface area contributed by atoms with Crippen LogP contribution in [0.15, 0.2) is 4.99 Å². The zero-order valence-corrected chi connectivity index (χ0v) is 5.95. The van der Waals surface area contributed by atoms with Gasteiger partial charge in [-0.25, -0.2) is 0 Å². The molecule has 0 amide bonds. The second-order valence-electron chi connectivity index (χ2n) is 1.84. The Labute approximate surface area is 54.7 Å². The maximum absolute atomic E-state index is 5.21. The van der Waals surface area contributed by atoms with E-state index in [-0.39, 0.29) is 0 Å². The second kappa shape index (κ2) is 5.12. The van der Waals surface area contributed by atoms with Crippen LogP contribution < -0.4 is 5.14 Å². The quantitative estimate of drug-likeness (QED) is 0.456. The van der Waals surface area contributed by atoms with Crippen LogP contribution in [0, 0.1) is 5.92 Å². The van der Waals surface area contributed by atoms with Gasteiger partial charge in [0.15, 0.2) is 0 Å². The minimum atomic E-state index is 0.572. The Balaban J connectivity index is 3.03. The van der Waals surface area contributed by atoms with Gasteiger partial charge in [0.1, 0.15) is 0 Å². The van der Waals surface area contributed by atoms with Gasteiger partial charge in [0.05, 0.1) is 0 Å². The highest BCUT2D eigenvalue weighted by Gasteiger charge is 1.96. The lowest BCUT2D eigenvalue weighted by Gasteiger charge is -2.02. The molecule has 0 aromatic carbocycles. The molecule has 0 aliphatic heterocycles. The second-order valence-corrected chi connectivity index (χ2v) is 2.51. The predicted molar refractivity (Wildman–Crippen MR) is 40.2 cm³/mol. The summed E-state index contributed by atoms with van der Waals surface area (Å²) in [6, 6.07) is 0. The molecule has 0 aromatic heterocycles. The minimum Gasteiger partial charge on any atom is -0.301 e. The van der Waals surface area contributed by atoms with Gasteiger partial charge in [-0.3, -0.25) is 5.14 Å². The lowest BCUT2D eigenvalue weighted by atomic mass is 10.2. The molecule has 0 radical (unpaired) electrons. The number of rotatable bonds is 4. The molecule has 0 rings (SSSR count). The Hall–Kier alpha value is -0.0200. The van der Waals surface area contributed by atoms with Gasteiger partial charge in [0.25, 0.3) is 0 Å². The molecule has 48 valence electrons. The average molecular weight is 132 g/mol. The minimum absolute atomic E-state index is 0.572. The van der Waals surface area contributed by atoms with Gasteiger partial charge in [0.2, 0.25) is 0 Å². The maximum Gasteiger partial charge on any atom is 0.0416 e. The van der Waals surface area contributed by atoms with Gasteiger partial charge in [-0.15, -0.1) is 0 Å². The van der Waals surface area contributed by atoms with Gasteiger partial charge in [-0.2, -0.15) is 0 Å². The molecule has 1 atom stereocenters. The number of nitrogens with two attached hydrogens (primary N) is 1. The zero-order chi connectivity index (χ0) is 6.41. The molecular formula is C5H12N2S. The van der Waals surface area contributed by atoms with Crippen molar-refractivity contribution in [2.75, 3.05) is 12.3 Å². The molecule has 0 fully saturated rings. The maximum atomic E-state index is 5.21. The Morgan fingerprint density at radius 1 is 1.88 bits per heavy atom. The van der Waals surface area contributed by atoms with Gasteiger partial charge in [0, 0.05) is 12.3 Å². The molecule has 0 unspecified atom stereocenters. The number of aliphatic imine (C=N–C) groups is 1. The van der Waals surface area contributed by atoms with Crippen molar-refractivity contribution in [3.05, 3.63) is 0 Å². The Morgan fingerprint density at radius 2 is 2.50 bits per heavy atom. The van der Waals surface area contributed by atoms with Crippen molar-refractivity contribution in [2.45, 2.75) is 6.92 Å². The fourth-order valence-electron chi connectivity index (χ4n) is 0.437. The van der Waals surface area contributed by atoms with Crippen molar-refractivity contribution in [3.63, 3.8) is 0 Å². The van der Waals surface area contributed by atoms with E-state index < -0.39 is 0 Å². The van der Waals surface area contributed by atoms with Crippen molar-refractivity contribution >= 4 is 18.7 Å². The van der Waals surface area contributed by atoms with Crippen molar-refractivity contribution in [2.24, 2.45) is 16.0 Å². The van der Waals surface area contributed by atoms with Crippen molar-refractivity contribution < 1.29 is 0 Å². The Kier molecular flexibility index (Phi) is 5.11. The van der Waals surface area contributed by atoms with Crippen molar-refractivity contribution in [1.82, 2.24) is 0 Å². The summed E-state index contributed by atoms with van der Waals surface area (Å²) >= 11 is 1.36. The zero-order valence-electron chi connectivity index (χ0n) is 5.13. The fourth-order valence-corrected chi connectivity index (χ4v) is 0.871. The van der Waals surface area contributed by atoms with Crippen LogP contribution in [0.3, 0.4) is 0 Å². The van der Waals surface area contributed by atoms with E-state index in [1.165, 1.54) is 11.9 Å². The van der Waals surface area contributed by atoms with Crippen molar-refractivity contribution in [3.8, 4) is 0 Å². The van der Waals surface area contributed by atoms with E-state index >= 15 is 0 Å². The first kappa shape index (κ1) is 7.98. The monoisotopic (exact) mass is 132 g/mol. The van der Waals surface area contributed by atoms with E-state index in [1.54, 1.807) is 0 Å². The summed E-state index contributed by atoms with van der Waals surface area (Å²) in [6.07, 6.45) is 0. The molecule has 0 saturated heterocycles. The molecule has 0 aromatic rings. The third-order valence-corrected chi connectivity index (χ3v) is 1.58. The number of hydrogen-bond donors (Lipinski definition) is 1. The molecule has 0 spiro atoms. The third kappa shape index (κ3) is 4.15. The lowest BCUT2D eigenvalue weighted by molar-refractivity contribution is 0.680. The molecule has 0 heterocycles. The largest absolute Gasteiger partial charge is 0.301 e. The summed E-state index contributed by atoms with van der Waals surface area (Å²) in [6.45, 7) is 6.31. The van der Waals surface area contributed by atoms with E-state index in [4.69, 9.17) is 5.14 Å². The molecule has 0 aliphatic carbocycles. The van der Waals surface area contributed by atoms with E-state index in [1.807, 2.05) is 0 Å². The highest BCUT2D eigenvalue weighted by atomic mass is 32.2. The average Bonchev–Trinajstić information content (AvgIpc) is 1.68. The Morgan fingerprint density at radius 3 is 2.88 bits per heavy atom. The van der Waals surface area contributed by atoms with Crippen LogP contribution in [0.25, 0.3) is 0 Å². The first-order chi connectivity index (χ1) is 3.81. The van der Waals surface area contributed by atoms with Crippen LogP contribution in [0.4, 0.5) is 0 Å². The van der Waals surface area contributed by atoms with E-state index in [2.05, 4.69) is 18.6 Å². The molecule has 2 nitrogen and oxygen atoms in total. The number of hydrogen-bond acceptors (Lipinski definition) is 3. The van der Waals surface area contributed by atoms with Crippen LogP contribution in [0.1, 0.15) is 6.92 Å². The molecule has 0 saturated carbocycles. The topological polar surface area (TPSA) is 38.4 Å². The van der Waals surface area contributed by atoms with Crippen molar-refractivity contribution in [1.29, 1.82) is 0 Å². The van der Waals surface area contributed by atoms with E-state index in [0.717, 1.165) is 12.3 Å². The Bertz CT molecular complexity index is 65.4. The molecular weight excluding hydrogens is 120 g/mol. The SMILES string of the molecule is C=NC[C@H](C)CSN. The highest BCUT2D eigenvalue weighted by molar-refractivity contribution is 7.97. The summed E-state index contributed by atoms with van der Waals surface area (Å²) in [5.74, 6) is 1.54. The van der Waals surface area contributed by atoms with Crippen LogP contribution in [0.2, 0.25) is 0 Å². The van der Waals surface area contributed by atoms with E-state index in [9.17, 15) is 0 Å². The fraction of sp³-hybridized carbons (Fsp3) is 0.800. The third-order valence-electron chi connectivity index (χ3n) is 0.822. The van der Waals surface area contributed by atoms with Crippen LogP contribution in [-0.4, -0.2) is 19.0 Å². The first-order valence-corrected chi connectivity index (χ1v) is 3.60. The normalized spacial score (nSPS) is 13.2. The van der Waals surface area contributed by atoms with Gasteiger partial charge in [-0.05, 0) is 12.6 Å². The van der Waals surface area contributed by atoms with Crippen LogP contribution >= 0.6 is 11.9 Å². The smallest absolute Gasteiger partial charge is 0.0416 e. The summed E-state index contributed by atoms with van der Waals surface area (Å²) < 4.78 is 0. The molecule has 8 heavy (non-hydrogen) atoms. The molecule has 2 N–H and O–H groups in total. The van der Waals surface area contributed by atoms with Crippen LogP contribution in [-0.2, 0) is 0 Å². The van der Waals surface area contributed by atoms with Crippen LogP contribution in [0.5, 0.6) is 0 Å². The van der Waals surface area contributed by atoms with E-state index in [0.29, 0.717) is 5.92 Å². The molecule has 0 bridgehead atoms. The first-order valence-electron chi connectivity index (χ1n) is 2.55. The van der Waals surface area contributed by atoms with Gasteiger partial charge >= 0.3 is 0 Å².